The van der Waals surface area contributed by atoms with Crippen molar-refractivity contribution in [1.29, 1.82) is 0 Å². The third-order valence-corrected chi connectivity index (χ3v) is 5.05. The van der Waals surface area contributed by atoms with E-state index < -0.39 is 5.91 Å². The standard InChI is InChI=1S/C14H19N3O2S/c1-17-5-4-9-10(7-17)20-14(12(9)13(15)19)16-11(18)6-8-2-3-8/h8H,2-7H2,1H3,(H2,15,19)(H,16,18). The number of hydrogen-bond donors (Lipinski definition) is 2. The number of likely N-dealkylation sites (N-methyl/N-ethyl adjacent to an activating group) is 1. The molecule has 5 nitrogen and oxygen atoms in total. The fourth-order valence-corrected chi connectivity index (χ4v) is 3.99. The second-order valence-electron chi connectivity index (χ2n) is 5.76. The summed E-state index contributed by atoms with van der Waals surface area (Å²) in [6.45, 7) is 1.73. The van der Waals surface area contributed by atoms with Gasteiger partial charge < -0.3 is 16.0 Å². The molecule has 1 aromatic rings. The van der Waals surface area contributed by atoms with Crippen molar-refractivity contribution in [2.45, 2.75) is 32.2 Å². The van der Waals surface area contributed by atoms with Crippen LogP contribution < -0.4 is 11.1 Å². The number of nitrogens with zero attached hydrogens (tertiary/aromatic N) is 1. The van der Waals surface area contributed by atoms with Crippen molar-refractivity contribution in [1.82, 2.24) is 4.90 Å². The summed E-state index contributed by atoms with van der Waals surface area (Å²) in [4.78, 5) is 27.0. The van der Waals surface area contributed by atoms with Gasteiger partial charge in [0.15, 0.2) is 0 Å². The van der Waals surface area contributed by atoms with E-state index in [0.717, 1.165) is 42.8 Å². The van der Waals surface area contributed by atoms with Crippen LogP contribution in [-0.4, -0.2) is 30.3 Å². The van der Waals surface area contributed by atoms with E-state index in [9.17, 15) is 9.59 Å². The molecule has 0 bridgehead atoms. The summed E-state index contributed by atoms with van der Waals surface area (Å²) in [6.07, 6.45) is 3.66. The molecule has 20 heavy (non-hydrogen) atoms. The number of primary amides is 1. The first kappa shape index (κ1) is 13.6. The number of carbonyl (C=O) groups excluding carboxylic acids is 2. The summed E-state index contributed by atoms with van der Waals surface area (Å²) in [5.74, 6) is 0.100. The van der Waals surface area contributed by atoms with E-state index >= 15 is 0 Å². The van der Waals surface area contributed by atoms with Crippen LogP contribution in [0.5, 0.6) is 0 Å². The Morgan fingerprint density at radius 3 is 2.85 bits per heavy atom. The molecule has 0 atom stereocenters. The summed E-state index contributed by atoms with van der Waals surface area (Å²) in [5, 5.41) is 3.54. The molecule has 1 fully saturated rings. The lowest BCUT2D eigenvalue weighted by Crippen LogP contribution is -2.27. The van der Waals surface area contributed by atoms with Crippen LogP contribution in [-0.2, 0) is 17.8 Å². The third kappa shape index (κ3) is 2.71. The SMILES string of the molecule is CN1CCc2c(sc(NC(=O)CC3CC3)c2C(N)=O)C1. The van der Waals surface area contributed by atoms with Crippen LogP contribution in [0.1, 0.15) is 40.1 Å². The van der Waals surface area contributed by atoms with E-state index in [4.69, 9.17) is 5.73 Å². The molecule has 0 radical (unpaired) electrons. The quantitative estimate of drug-likeness (QED) is 0.885. The van der Waals surface area contributed by atoms with Gasteiger partial charge in [0.2, 0.25) is 5.91 Å². The van der Waals surface area contributed by atoms with E-state index in [-0.39, 0.29) is 5.91 Å². The summed E-state index contributed by atoms with van der Waals surface area (Å²) >= 11 is 1.50. The molecule has 1 aliphatic carbocycles. The molecule has 0 unspecified atom stereocenters. The summed E-state index contributed by atoms with van der Waals surface area (Å²) in [6, 6.07) is 0. The van der Waals surface area contributed by atoms with Crippen LogP contribution in [0.2, 0.25) is 0 Å². The number of fused-ring (bicyclic) bond motifs is 1. The van der Waals surface area contributed by atoms with Gasteiger partial charge in [0.1, 0.15) is 5.00 Å². The minimum atomic E-state index is -0.436. The van der Waals surface area contributed by atoms with E-state index in [1.165, 1.54) is 11.3 Å². The number of carbonyl (C=O) groups is 2. The first-order valence-corrected chi connectivity index (χ1v) is 7.79. The molecule has 2 aliphatic rings. The van der Waals surface area contributed by atoms with Gasteiger partial charge in [-0.1, -0.05) is 0 Å². The van der Waals surface area contributed by atoms with Crippen molar-refractivity contribution in [3.63, 3.8) is 0 Å². The van der Waals surface area contributed by atoms with Gasteiger partial charge in [-0.15, -0.1) is 11.3 Å². The molecule has 2 heterocycles. The molecule has 3 rings (SSSR count). The molecular weight excluding hydrogens is 274 g/mol. The number of hydrogen-bond acceptors (Lipinski definition) is 4. The maximum absolute atomic E-state index is 11.9. The third-order valence-electron chi connectivity index (χ3n) is 3.92. The summed E-state index contributed by atoms with van der Waals surface area (Å²) in [5.41, 5.74) is 7.07. The van der Waals surface area contributed by atoms with E-state index in [2.05, 4.69) is 17.3 Å². The van der Waals surface area contributed by atoms with Crippen molar-refractivity contribution in [2.24, 2.45) is 11.7 Å². The van der Waals surface area contributed by atoms with Gasteiger partial charge in [-0.25, -0.2) is 0 Å². The predicted octanol–water partition coefficient (Wildman–Crippen LogP) is 1.57. The topological polar surface area (TPSA) is 75.4 Å². The van der Waals surface area contributed by atoms with Crippen LogP contribution in [0, 0.1) is 5.92 Å². The predicted molar refractivity (Wildman–Crippen MR) is 78.8 cm³/mol. The maximum Gasteiger partial charge on any atom is 0.251 e. The molecule has 0 saturated heterocycles. The highest BCUT2D eigenvalue weighted by molar-refractivity contribution is 7.17. The second kappa shape index (κ2) is 5.18. The Labute approximate surface area is 122 Å². The molecular formula is C14H19N3O2S. The van der Waals surface area contributed by atoms with Crippen LogP contribution >= 0.6 is 11.3 Å². The van der Waals surface area contributed by atoms with E-state index in [0.29, 0.717) is 22.9 Å². The first-order chi connectivity index (χ1) is 9.54. The second-order valence-corrected chi connectivity index (χ2v) is 6.86. The zero-order valence-corrected chi connectivity index (χ0v) is 12.4. The minimum Gasteiger partial charge on any atom is -0.365 e. The lowest BCUT2D eigenvalue weighted by molar-refractivity contribution is -0.116. The van der Waals surface area contributed by atoms with Gasteiger partial charge >= 0.3 is 0 Å². The number of nitrogens with two attached hydrogens (primary N) is 1. The van der Waals surface area contributed by atoms with Crippen LogP contribution in [0.15, 0.2) is 0 Å². The van der Waals surface area contributed by atoms with Crippen molar-refractivity contribution in [3.05, 3.63) is 16.0 Å². The molecule has 0 spiro atoms. The van der Waals surface area contributed by atoms with Gasteiger partial charge in [0.05, 0.1) is 5.56 Å². The Kier molecular flexibility index (Phi) is 3.52. The van der Waals surface area contributed by atoms with Gasteiger partial charge in [-0.05, 0) is 37.8 Å². The average Bonchev–Trinajstić information content (AvgIpc) is 3.08. The molecule has 108 valence electrons. The largest absolute Gasteiger partial charge is 0.365 e. The molecule has 1 saturated carbocycles. The van der Waals surface area contributed by atoms with Gasteiger partial charge in [0.25, 0.3) is 5.91 Å². The Morgan fingerprint density at radius 2 is 2.20 bits per heavy atom. The molecule has 1 aromatic heterocycles. The van der Waals surface area contributed by atoms with Crippen molar-refractivity contribution < 1.29 is 9.59 Å². The smallest absolute Gasteiger partial charge is 0.251 e. The van der Waals surface area contributed by atoms with Gasteiger partial charge in [-0.3, -0.25) is 9.59 Å². The highest BCUT2D eigenvalue weighted by atomic mass is 32.1. The summed E-state index contributed by atoms with van der Waals surface area (Å²) < 4.78 is 0. The summed E-state index contributed by atoms with van der Waals surface area (Å²) in [7, 11) is 2.05. The van der Waals surface area contributed by atoms with Gasteiger partial charge in [0, 0.05) is 24.4 Å². The fourth-order valence-electron chi connectivity index (χ4n) is 2.64. The van der Waals surface area contributed by atoms with Crippen molar-refractivity contribution >= 4 is 28.2 Å². The molecule has 6 heteroatoms. The van der Waals surface area contributed by atoms with Crippen LogP contribution in [0.25, 0.3) is 0 Å². The Morgan fingerprint density at radius 1 is 1.45 bits per heavy atom. The lowest BCUT2D eigenvalue weighted by Gasteiger charge is -2.22. The van der Waals surface area contributed by atoms with Crippen molar-refractivity contribution in [2.75, 3.05) is 18.9 Å². The fraction of sp³-hybridized carbons (Fsp3) is 0.571. The highest BCUT2D eigenvalue weighted by Crippen LogP contribution is 2.37. The minimum absolute atomic E-state index is 0.00181. The monoisotopic (exact) mass is 293 g/mol. The van der Waals surface area contributed by atoms with Crippen molar-refractivity contribution in [3.8, 4) is 0 Å². The maximum atomic E-state index is 11.9. The Hall–Kier alpha value is -1.40. The molecule has 1 aliphatic heterocycles. The zero-order chi connectivity index (χ0) is 14.3. The lowest BCUT2D eigenvalue weighted by atomic mass is 10.0. The average molecular weight is 293 g/mol. The number of amides is 2. The van der Waals surface area contributed by atoms with Crippen LogP contribution in [0.4, 0.5) is 5.00 Å². The van der Waals surface area contributed by atoms with E-state index in [1.807, 2.05) is 0 Å². The first-order valence-electron chi connectivity index (χ1n) is 6.97. The van der Waals surface area contributed by atoms with Gasteiger partial charge in [-0.2, -0.15) is 0 Å². The number of anilines is 1. The highest BCUT2D eigenvalue weighted by Gasteiger charge is 2.28. The van der Waals surface area contributed by atoms with Crippen LogP contribution in [0.3, 0.4) is 0 Å². The Balaban J connectivity index is 1.85. The molecule has 2 amide bonds. The molecule has 0 aromatic carbocycles. The number of rotatable bonds is 4. The number of nitrogens with one attached hydrogen (secondary N) is 1. The zero-order valence-electron chi connectivity index (χ0n) is 11.6. The Bertz CT molecular complexity index is 563. The normalized spacial score (nSPS) is 18.6. The number of thiophene rings is 1. The van der Waals surface area contributed by atoms with E-state index in [1.54, 1.807) is 0 Å². The molecule has 3 N–H and O–H groups in total.